The molecule has 24 heavy (non-hydrogen) atoms. The zero-order valence-corrected chi connectivity index (χ0v) is 13.7. The minimum atomic E-state index is -1.86. The highest BCUT2D eigenvalue weighted by Gasteiger charge is 2.73. The molecule has 0 radical (unpaired) electrons. The van der Waals surface area contributed by atoms with Crippen molar-refractivity contribution >= 4 is 17.6 Å². The smallest absolute Gasteiger partial charge is 0.315 e. The fourth-order valence-electron chi connectivity index (χ4n) is 4.19. The molecule has 3 aliphatic carbocycles. The highest BCUT2D eigenvalue weighted by atomic mass is 16.3. The molecule has 7 nitrogen and oxygen atoms in total. The van der Waals surface area contributed by atoms with Crippen molar-refractivity contribution < 1.29 is 24.6 Å². The van der Waals surface area contributed by atoms with E-state index in [0.717, 1.165) is 0 Å². The monoisotopic (exact) mass is 332 g/mol. The lowest BCUT2D eigenvalue weighted by atomic mass is 9.48. The molecule has 128 valence electrons. The summed E-state index contributed by atoms with van der Waals surface area (Å²) >= 11 is 0. The molecule has 0 aromatic heterocycles. The molecule has 2 amide bonds. The number of ketones is 2. The second-order valence-electron chi connectivity index (χ2n) is 6.79. The van der Waals surface area contributed by atoms with Crippen molar-refractivity contribution in [3.05, 3.63) is 35.6 Å². The van der Waals surface area contributed by atoms with Gasteiger partial charge in [-0.15, -0.1) is 0 Å². The second-order valence-corrected chi connectivity index (χ2v) is 6.79. The van der Waals surface area contributed by atoms with Crippen LogP contribution < -0.4 is 10.6 Å². The summed E-state index contributed by atoms with van der Waals surface area (Å²) in [5, 5.41) is 26.4. The van der Waals surface area contributed by atoms with Gasteiger partial charge >= 0.3 is 6.03 Å². The van der Waals surface area contributed by atoms with E-state index >= 15 is 0 Å². The summed E-state index contributed by atoms with van der Waals surface area (Å²) in [5.74, 6) is -2.51. The average molecular weight is 332 g/mol. The van der Waals surface area contributed by atoms with Gasteiger partial charge in [-0.1, -0.05) is 18.2 Å². The Hall–Kier alpha value is -2.41. The van der Waals surface area contributed by atoms with Crippen LogP contribution in [0.3, 0.4) is 0 Å². The lowest BCUT2D eigenvalue weighted by molar-refractivity contribution is -0.172. The number of hydrogen-bond donors (Lipinski definition) is 4. The number of nitrogens with one attached hydrogen (secondary N) is 2. The van der Waals surface area contributed by atoms with Crippen molar-refractivity contribution in [2.24, 2.45) is 11.3 Å². The fraction of sp³-hybridized carbons (Fsp3) is 0.471. The number of allylic oxidation sites excluding steroid dienone is 4. The van der Waals surface area contributed by atoms with Crippen LogP contribution in [-0.2, 0) is 9.59 Å². The molecule has 0 aromatic carbocycles. The number of rotatable bonds is 2. The average Bonchev–Trinajstić information content (AvgIpc) is 2.90. The molecular weight excluding hydrogens is 312 g/mol. The van der Waals surface area contributed by atoms with Gasteiger partial charge in [0, 0.05) is 11.5 Å². The summed E-state index contributed by atoms with van der Waals surface area (Å²) in [7, 11) is 0. The van der Waals surface area contributed by atoms with Crippen LogP contribution in [0.1, 0.15) is 20.8 Å². The zero-order chi connectivity index (χ0) is 17.9. The number of Topliss-reactive ketones (excluding diaryl/α,β-unsaturated/α-hetero) is 2. The van der Waals surface area contributed by atoms with E-state index in [0.29, 0.717) is 0 Å². The molecule has 0 aromatic rings. The number of aliphatic hydroxyl groups excluding tert-OH is 1. The zero-order valence-electron chi connectivity index (χ0n) is 13.7. The van der Waals surface area contributed by atoms with Crippen molar-refractivity contribution in [2.75, 3.05) is 0 Å². The number of hydrogen-bond acceptors (Lipinski definition) is 5. The summed E-state index contributed by atoms with van der Waals surface area (Å²) in [6, 6.07) is -1.89. The molecule has 4 N–H and O–H groups in total. The van der Waals surface area contributed by atoms with Gasteiger partial charge in [-0.2, -0.15) is 0 Å². The van der Waals surface area contributed by atoms with Gasteiger partial charge in [0.05, 0.1) is 12.1 Å². The Bertz CT molecular complexity index is 733. The third kappa shape index (κ3) is 1.84. The number of urea groups is 1. The van der Waals surface area contributed by atoms with E-state index in [1.165, 1.54) is 19.9 Å². The second kappa shape index (κ2) is 5.04. The van der Waals surface area contributed by atoms with Crippen LogP contribution in [0.4, 0.5) is 4.79 Å². The summed E-state index contributed by atoms with van der Waals surface area (Å²) in [5.41, 5.74) is -3.51. The number of fused-ring (bicyclic) bond motifs is 2. The number of aliphatic hydroxyl groups is 2. The van der Waals surface area contributed by atoms with Crippen LogP contribution in [0.2, 0.25) is 0 Å². The summed E-state index contributed by atoms with van der Waals surface area (Å²) in [6.07, 6.45) is 6.33. The van der Waals surface area contributed by atoms with Crippen molar-refractivity contribution in [1.29, 1.82) is 0 Å². The van der Waals surface area contributed by atoms with Crippen molar-refractivity contribution in [2.45, 2.75) is 38.5 Å². The first kappa shape index (κ1) is 16.4. The van der Waals surface area contributed by atoms with E-state index in [1.54, 1.807) is 25.2 Å². The largest absolute Gasteiger partial charge is 0.508 e. The van der Waals surface area contributed by atoms with E-state index in [4.69, 9.17) is 0 Å². The molecule has 4 rings (SSSR count). The van der Waals surface area contributed by atoms with E-state index in [1.807, 2.05) is 0 Å². The fourth-order valence-corrected chi connectivity index (χ4v) is 4.19. The van der Waals surface area contributed by atoms with E-state index in [2.05, 4.69) is 10.6 Å². The minimum Gasteiger partial charge on any atom is -0.508 e. The van der Waals surface area contributed by atoms with Gasteiger partial charge < -0.3 is 20.8 Å². The minimum absolute atomic E-state index is 0.0203. The lowest BCUT2D eigenvalue weighted by Crippen LogP contribution is -2.76. The Balaban J connectivity index is 2.21. The van der Waals surface area contributed by atoms with Crippen LogP contribution >= 0.6 is 0 Å². The number of carbonyl (C=O) groups is 3. The standard InChI is InChI=1S/C17H20N2O5/c1-4-5-6-7-8(20)9-10-11-12(19-15(23)18-11)16(2,13(9)21)14(22)17(10,3)24/h4-7,10-12,20,24H,1-3H3,(H2,18,19,23)/b5-4+,7-6+,9-8-/t10-,11+,12+,16-,17+/m1/s1. The van der Waals surface area contributed by atoms with Gasteiger partial charge in [-0.3, -0.25) is 9.59 Å². The Morgan fingerprint density at radius 1 is 1.17 bits per heavy atom. The van der Waals surface area contributed by atoms with Gasteiger partial charge in [0.2, 0.25) is 0 Å². The van der Waals surface area contributed by atoms with Crippen molar-refractivity contribution in [3.63, 3.8) is 0 Å². The van der Waals surface area contributed by atoms with Gasteiger partial charge in [0.25, 0.3) is 0 Å². The number of carbonyl (C=O) groups excluding carboxylic acids is 3. The lowest BCUT2D eigenvalue weighted by Gasteiger charge is -2.56. The normalized spacial score (nSPS) is 43.3. The Morgan fingerprint density at radius 2 is 1.83 bits per heavy atom. The predicted octanol–water partition coefficient (Wildman–Crippen LogP) is 0.520. The third-order valence-electron chi connectivity index (χ3n) is 5.32. The molecule has 7 heteroatoms. The van der Waals surface area contributed by atoms with Crippen LogP contribution in [-0.4, -0.2) is 45.5 Å². The topological polar surface area (TPSA) is 116 Å². The van der Waals surface area contributed by atoms with Crippen molar-refractivity contribution in [1.82, 2.24) is 10.6 Å². The maximum atomic E-state index is 12.9. The molecular formula is C17H20N2O5. The van der Waals surface area contributed by atoms with E-state index in [-0.39, 0.29) is 11.3 Å². The van der Waals surface area contributed by atoms with Crippen LogP contribution in [0.5, 0.6) is 0 Å². The third-order valence-corrected chi connectivity index (χ3v) is 5.32. The SMILES string of the molecule is C/C=C/C=C/C(O)=C1/C(=O)[C@]2(C)C(=O)[C@@](C)(O)[C@H]1[C@@H]1NC(=O)N[C@@H]12. The first-order chi connectivity index (χ1) is 11.2. The molecule has 0 spiro atoms. The molecule has 4 fully saturated rings. The quantitative estimate of drug-likeness (QED) is 0.255. The highest BCUT2D eigenvalue weighted by Crippen LogP contribution is 2.54. The summed E-state index contributed by atoms with van der Waals surface area (Å²) < 4.78 is 0. The maximum Gasteiger partial charge on any atom is 0.315 e. The molecule has 5 atom stereocenters. The Kier molecular flexibility index (Phi) is 3.46. The van der Waals surface area contributed by atoms with Gasteiger partial charge in [0.1, 0.15) is 16.8 Å². The first-order valence-electron chi connectivity index (χ1n) is 7.79. The van der Waals surface area contributed by atoms with Gasteiger partial charge in [-0.05, 0) is 26.8 Å². The van der Waals surface area contributed by atoms with Crippen LogP contribution in [0.25, 0.3) is 0 Å². The summed E-state index contributed by atoms with van der Waals surface area (Å²) in [6.45, 7) is 4.54. The Morgan fingerprint density at radius 3 is 2.46 bits per heavy atom. The highest BCUT2D eigenvalue weighted by molar-refractivity contribution is 6.22. The van der Waals surface area contributed by atoms with Crippen LogP contribution in [0, 0.1) is 11.3 Å². The molecule has 3 saturated carbocycles. The molecule has 1 aliphatic heterocycles. The molecule has 1 saturated heterocycles. The molecule has 2 bridgehead atoms. The van der Waals surface area contributed by atoms with Crippen molar-refractivity contribution in [3.8, 4) is 0 Å². The first-order valence-corrected chi connectivity index (χ1v) is 7.79. The summed E-state index contributed by atoms with van der Waals surface area (Å²) in [4.78, 5) is 37.4. The molecule has 1 heterocycles. The van der Waals surface area contributed by atoms with Gasteiger partial charge in [0.15, 0.2) is 11.6 Å². The van der Waals surface area contributed by atoms with Gasteiger partial charge in [-0.25, -0.2) is 4.79 Å². The van der Waals surface area contributed by atoms with E-state index < -0.39 is 46.6 Å². The Labute approximate surface area is 139 Å². The van der Waals surface area contributed by atoms with Crippen LogP contribution in [0.15, 0.2) is 35.6 Å². The molecule has 0 unspecified atom stereocenters. The predicted molar refractivity (Wildman–Crippen MR) is 85.1 cm³/mol. The van der Waals surface area contributed by atoms with E-state index in [9.17, 15) is 24.6 Å². The molecule has 4 aliphatic rings. The number of amides is 2. The maximum absolute atomic E-state index is 12.9.